The molecule has 0 spiro atoms. The van der Waals surface area contributed by atoms with Gasteiger partial charge in [-0.05, 0) is 32.9 Å². The normalized spacial score (nSPS) is 22.4. The number of anilines is 1. The van der Waals surface area contributed by atoms with Crippen molar-refractivity contribution in [3.63, 3.8) is 0 Å². The molecular weight excluding hydrogens is 270 g/mol. The van der Waals surface area contributed by atoms with Crippen molar-refractivity contribution in [2.75, 3.05) is 25.0 Å². The van der Waals surface area contributed by atoms with Gasteiger partial charge >= 0.3 is 0 Å². The molecule has 0 radical (unpaired) electrons. The van der Waals surface area contributed by atoms with Crippen molar-refractivity contribution in [3.8, 4) is 5.75 Å². The Balaban J connectivity index is 1.76. The molecule has 7 nitrogen and oxygen atoms in total. The number of hydrogen-bond acceptors (Lipinski definition) is 6. The Bertz CT molecular complexity index is 542. The lowest BCUT2D eigenvalue weighted by Crippen LogP contribution is -2.44. The maximum Gasteiger partial charge on any atom is 0.281 e. The Labute approximate surface area is 123 Å². The summed E-state index contributed by atoms with van der Waals surface area (Å²) < 4.78 is 5.49. The van der Waals surface area contributed by atoms with Gasteiger partial charge in [0.25, 0.3) is 5.91 Å². The van der Waals surface area contributed by atoms with Gasteiger partial charge < -0.3 is 15.0 Å². The van der Waals surface area contributed by atoms with Crippen LogP contribution in [0.3, 0.4) is 0 Å². The van der Waals surface area contributed by atoms with E-state index in [4.69, 9.17) is 10.5 Å². The number of piperidine rings is 1. The Morgan fingerprint density at radius 3 is 2.86 bits per heavy atom. The second-order valence-corrected chi connectivity index (χ2v) is 5.58. The van der Waals surface area contributed by atoms with Gasteiger partial charge in [0, 0.05) is 13.0 Å². The lowest BCUT2D eigenvalue weighted by atomic mass is 10.1. The van der Waals surface area contributed by atoms with Gasteiger partial charge in [-0.3, -0.25) is 10.5 Å². The van der Waals surface area contributed by atoms with E-state index in [1.54, 1.807) is 0 Å². The van der Waals surface area contributed by atoms with Crippen LogP contribution in [0.15, 0.2) is 0 Å². The van der Waals surface area contributed by atoms with Crippen molar-refractivity contribution in [1.82, 2.24) is 14.9 Å². The minimum atomic E-state index is -0.988. The molecule has 3 rings (SSSR count). The average Bonchev–Trinajstić information content (AvgIpc) is 2.48. The summed E-state index contributed by atoms with van der Waals surface area (Å²) >= 11 is 0. The summed E-state index contributed by atoms with van der Waals surface area (Å²) in [5, 5.41) is 2.68. The number of aromatic nitrogens is 2. The second-order valence-electron chi connectivity index (χ2n) is 5.58. The number of hydrogen-bond donors (Lipinski definition) is 2. The molecule has 1 aromatic rings. The van der Waals surface area contributed by atoms with Gasteiger partial charge in [-0.1, -0.05) is 6.42 Å². The van der Waals surface area contributed by atoms with Gasteiger partial charge in [-0.15, -0.1) is 0 Å². The summed E-state index contributed by atoms with van der Waals surface area (Å²) in [5.74, 6) is 1.21. The van der Waals surface area contributed by atoms with Crippen molar-refractivity contribution in [1.29, 1.82) is 0 Å². The Kier molecular flexibility index (Phi) is 4.03. The van der Waals surface area contributed by atoms with Gasteiger partial charge in [0.2, 0.25) is 6.23 Å². The molecule has 114 valence electrons. The molecule has 1 amide bonds. The van der Waals surface area contributed by atoms with Gasteiger partial charge in [0.05, 0.1) is 5.69 Å². The van der Waals surface area contributed by atoms with Crippen LogP contribution in [-0.2, 0) is 11.2 Å². The number of amides is 1. The SMILES string of the molecule is Cc1nc(CCN2CCCCC2)c2c(n1)NC(=O)C(N)O2. The number of carbonyl (C=O) groups excluding carboxylic acids is 1. The highest BCUT2D eigenvalue weighted by Crippen LogP contribution is 2.30. The van der Waals surface area contributed by atoms with E-state index in [1.165, 1.54) is 19.3 Å². The number of aryl methyl sites for hydroxylation is 1. The standard InChI is InChI=1S/C14H21N5O2/c1-9-16-10(5-8-19-6-3-2-4-7-19)11-13(17-9)18-14(20)12(15)21-11/h12H,2-8,15H2,1H3,(H,16,17,18,20). The second kappa shape index (κ2) is 5.95. The summed E-state index contributed by atoms with van der Waals surface area (Å²) in [6.07, 6.45) is 3.63. The van der Waals surface area contributed by atoms with E-state index in [-0.39, 0.29) is 5.91 Å². The van der Waals surface area contributed by atoms with Crippen LogP contribution in [0, 0.1) is 6.92 Å². The number of carbonyl (C=O) groups is 1. The third-order valence-corrected chi connectivity index (χ3v) is 3.91. The Morgan fingerprint density at radius 1 is 1.33 bits per heavy atom. The van der Waals surface area contributed by atoms with Crippen LogP contribution >= 0.6 is 0 Å². The van der Waals surface area contributed by atoms with Crippen LogP contribution in [0.2, 0.25) is 0 Å². The monoisotopic (exact) mass is 291 g/mol. The zero-order chi connectivity index (χ0) is 14.8. The highest BCUT2D eigenvalue weighted by atomic mass is 16.5. The number of ether oxygens (including phenoxy) is 1. The van der Waals surface area contributed by atoms with Crippen molar-refractivity contribution in [2.45, 2.75) is 38.8 Å². The molecule has 2 aliphatic rings. The molecule has 1 atom stereocenters. The topological polar surface area (TPSA) is 93.4 Å². The van der Waals surface area contributed by atoms with E-state index in [2.05, 4.69) is 20.2 Å². The summed E-state index contributed by atoms with van der Waals surface area (Å²) in [4.78, 5) is 22.7. The van der Waals surface area contributed by atoms with E-state index >= 15 is 0 Å². The summed E-state index contributed by atoms with van der Waals surface area (Å²) in [5.41, 5.74) is 6.46. The molecule has 21 heavy (non-hydrogen) atoms. The molecule has 0 aliphatic carbocycles. The molecule has 1 saturated heterocycles. The van der Waals surface area contributed by atoms with Crippen LogP contribution in [-0.4, -0.2) is 46.6 Å². The molecule has 1 fully saturated rings. The highest BCUT2D eigenvalue weighted by molar-refractivity contribution is 5.96. The quantitative estimate of drug-likeness (QED) is 0.839. The minimum Gasteiger partial charge on any atom is -0.460 e. The molecule has 0 aromatic carbocycles. The van der Waals surface area contributed by atoms with E-state index in [0.29, 0.717) is 17.4 Å². The molecule has 0 saturated carbocycles. The van der Waals surface area contributed by atoms with E-state index in [9.17, 15) is 4.79 Å². The third-order valence-electron chi connectivity index (χ3n) is 3.91. The highest BCUT2D eigenvalue weighted by Gasteiger charge is 2.28. The summed E-state index contributed by atoms with van der Waals surface area (Å²) in [7, 11) is 0. The van der Waals surface area contributed by atoms with Crippen LogP contribution in [0.4, 0.5) is 5.82 Å². The number of nitrogens with zero attached hydrogens (tertiary/aromatic N) is 3. The predicted octanol–water partition coefficient (Wildman–Crippen LogP) is 0.429. The molecule has 3 N–H and O–H groups in total. The molecule has 0 bridgehead atoms. The number of rotatable bonds is 3. The van der Waals surface area contributed by atoms with E-state index in [1.807, 2.05) is 6.92 Å². The number of nitrogens with two attached hydrogens (primary N) is 1. The number of fused-ring (bicyclic) bond motifs is 1. The van der Waals surface area contributed by atoms with Gasteiger partial charge in [-0.25, -0.2) is 9.97 Å². The van der Waals surface area contributed by atoms with E-state index < -0.39 is 6.23 Å². The van der Waals surface area contributed by atoms with Gasteiger partial charge in [0.1, 0.15) is 5.82 Å². The minimum absolute atomic E-state index is 0.373. The van der Waals surface area contributed by atoms with Crippen LogP contribution in [0.1, 0.15) is 30.8 Å². The fourth-order valence-corrected chi connectivity index (χ4v) is 2.81. The molecule has 1 unspecified atom stereocenters. The zero-order valence-electron chi connectivity index (χ0n) is 12.3. The lowest BCUT2D eigenvalue weighted by Gasteiger charge is -2.27. The number of likely N-dealkylation sites (tertiary alicyclic amines) is 1. The molecular formula is C14H21N5O2. The predicted molar refractivity (Wildman–Crippen MR) is 78.0 cm³/mol. The first-order valence-corrected chi connectivity index (χ1v) is 7.46. The Morgan fingerprint density at radius 2 is 2.10 bits per heavy atom. The van der Waals surface area contributed by atoms with Crippen LogP contribution in [0.25, 0.3) is 0 Å². The molecule has 7 heteroatoms. The third kappa shape index (κ3) is 3.14. The van der Waals surface area contributed by atoms with E-state index in [0.717, 1.165) is 31.7 Å². The average molecular weight is 291 g/mol. The van der Waals surface area contributed by atoms with Crippen LogP contribution < -0.4 is 15.8 Å². The summed E-state index contributed by atoms with van der Waals surface area (Å²) in [6.45, 7) is 5.04. The Hall–Kier alpha value is -1.73. The largest absolute Gasteiger partial charge is 0.460 e. The number of nitrogens with one attached hydrogen (secondary N) is 1. The van der Waals surface area contributed by atoms with Crippen molar-refractivity contribution >= 4 is 11.7 Å². The maximum atomic E-state index is 11.6. The van der Waals surface area contributed by atoms with Gasteiger partial charge in [-0.2, -0.15) is 0 Å². The summed E-state index contributed by atoms with van der Waals surface area (Å²) in [6, 6.07) is 0. The molecule has 3 heterocycles. The van der Waals surface area contributed by atoms with Gasteiger partial charge in [0.15, 0.2) is 11.6 Å². The fourth-order valence-electron chi connectivity index (χ4n) is 2.81. The fraction of sp³-hybridized carbons (Fsp3) is 0.643. The first-order valence-electron chi connectivity index (χ1n) is 7.46. The molecule has 2 aliphatic heterocycles. The van der Waals surface area contributed by atoms with Crippen molar-refractivity contribution < 1.29 is 9.53 Å². The van der Waals surface area contributed by atoms with Crippen molar-refractivity contribution in [2.24, 2.45) is 5.73 Å². The zero-order valence-corrected chi connectivity index (χ0v) is 12.3. The lowest BCUT2D eigenvalue weighted by molar-refractivity contribution is -0.123. The smallest absolute Gasteiger partial charge is 0.281 e. The first kappa shape index (κ1) is 14.2. The van der Waals surface area contributed by atoms with Crippen LogP contribution in [0.5, 0.6) is 5.75 Å². The van der Waals surface area contributed by atoms with Crippen molar-refractivity contribution in [3.05, 3.63) is 11.5 Å². The first-order chi connectivity index (χ1) is 10.1. The molecule has 1 aromatic heterocycles. The maximum absolute atomic E-state index is 11.6.